The molecule has 4 rings (SSSR count). The Morgan fingerprint density at radius 2 is 1.76 bits per heavy atom. The normalized spacial score (nSPS) is 13.9. The molecule has 0 radical (unpaired) electrons. The monoisotopic (exact) mass is 405 g/mol. The van der Waals surface area contributed by atoms with Gasteiger partial charge in [0.1, 0.15) is 5.03 Å². The molecular weight excluding hydrogens is 382 g/mol. The molecule has 1 aliphatic rings. The second-order valence-electron chi connectivity index (χ2n) is 6.72. The van der Waals surface area contributed by atoms with E-state index in [1.54, 1.807) is 12.3 Å². The van der Waals surface area contributed by atoms with Crippen molar-refractivity contribution >= 4 is 23.4 Å². The molecule has 5 nitrogen and oxygen atoms in total. The molecule has 0 bridgehead atoms. The highest BCUT2D eigenvalue weighted by Gasteiger charge is 2.14. The minimum atomic E-state index is -0.117. The lowest BCUT2D eigenvalue weighted by molar-refractivity contribution is 0.0947. The van der Waals surface area contributed by atoms with E-state index in [1.165, 1.54) is 17.4 Å². The summed E-state index contributed by atoms with van der Waals surface area (Å²) < 4.78 is 5.40. The maximum atomic E-state index is 12.8. The Morgan fingerprint density at radius 1 is 1.00 bits per heavy atom. The molecule has 1 N–H and O–H groups in total. The van der Waals surface area contributed by atoms with Crippen LogP contribution in [-0.4, -0.2) is 37.2 Å². The smallest absolute Gasteiger partial charge is 0.254 e. The second kappa shape index (κ2) is 9.58. The highest BCUT2D eigenvalue weighted by molar-refractivity contribution is 7.99. The quantitative estimate of drug-likeness (QED) is 0.672. The molecule has 1 saturated heterocycles. The summed E-state index contributed by atoms with van der Waals surface area (Å²) in [6.45, 7) is 3.85. The summed E-state index contributed by atoms with van der Waals surface area (Å²) in [5.74, 6) is -0.117. The summed E-state index contributed by atoms with van der Waals surface area (Å²) in [5, 5.41) is 3.72. The van der Waals surface area contributed by atoms with Crippen LogP contribution in [0.15, 0.2) is 82.8 Å². The maximum Gasteiger partial charge on any atom is 0.254 e. The van der Waals surface area contributed by atoms with Gasteiger partial charge in [-0.25, -0.2) is 4.98 Å². The molecule has 3 aromatic rings. The van der Waals surface area contributed by atoms with Crippen LogP contribution >= 0.6 is 11.8 Å². The standard InChI is InChI=1S/C23H23N3O2S/c27-22(21-7-4-12-24-23(21)29-20-5-2-1-3-6-20)25-17-18-8-10-19(11-9-18)26-13-15-28-16-14-26/h1-12H,13-17H2,(H,25,27). The minimum Gasteiger partial charge on any atom is -0.378 e. The number of amides is 1. The van der Waals surface area contributed by atoms with Gasteiger partial charge < -0.3 is 15.0 Å². The van der Waals surface area contributed by atoms with E-state index in [9.17, 15) is 4.79 Å². The first-order valence-corrected chi connectivity index (χ1v) is 10.5. The first kappa shape index (κ1) is 19.5. The number of nitrogens with one attached hydrogen (secondary N) is 1. The number of pyridine rings is 1. The third-order valence-electron chi connectivity index (χ3n) is 4.74. The van der Waals surface area contributed by atoms with Gasteiger partial charge in [-0.15, -0.1) is 0 Å². The Balaban J connectivity index is 1.38. The van der Waals surface area contributed by atoms with Gasteiger partial charge >= 0.3 is 0 Å². The maximum absolute atomic E-state index is 12.8. The highest BCUT2D eigenvalue weighted by Crippen LogP contribution is 2.28. The van der Waals surface area contributed by atoms with Crippen molar-refractivity contribution in [3.05, 3.63) is 84.1 Å². The van der Waals surface area contributed by atoms with Crippen LogP contribution in [0.4, 0.5) is 5.69 Å². The Morgan fingerprint density at radius 3 is 2.52 bits per heavy atom. The first-order valence-electron chi connectivity index (χ1n) is 9.67. The number of nitrogens with zero attached hydrogens (tertiary/aromatic N) is 2. The van der Waals surface area contributed by atoms with Crippen LogP contribution in [-0.2, 0) is 11.3 Å². The van der Waals surface area contributed by atoms with E-state index in [4.69, 9.17) is 4.74 Å². The Bertz CT molecular complexity index is 942. The number of hydrogen-bond acceptors (Lipinski definition) is 5. The van der Waals surface area contributed by atoms with Crippen molar-refractivity contribution in [1.29, 1.82) is 0 Å². The molecule has 0 atom stereocenters. The molecule has 0 saturated carbocycles. The van der Waals surface area contributed by atoms with Crippen LogP contribution in [0.3, 0.4) is 0 Å². The molecule has 1 aromatic heterocycles. The van der Waals surface area contributed by atoms with Crippen LogP contribution in [0, 0.1) is 0 Å². The fourth-order valence-corrected chi connectivity index (χ4v) is 4.07. The fourth-order valence-electron chi connectivity index (χ4n) is 3.17. The fraction of sp³-hybridized carbons (Fsp3) is 0.217. The van der Waals surface area contributed by atoms with Crippen molar-refractivity contribution in [3.63, 3.8) is 0 Å². The van der Waals surface area contributed by atoms with E-state index in [0.717, 1.165) is 36.8 Å². The predicted molar refractivity (Wildman–Crippen MR) is 115 cm³/mol. The number of ether oxygens (including phenoxy) is 1. The molecule has 2 heterocycles. The van der Waals surface area contributed by atoms with E-state index in [-0.39, 0.29) is 5.91 Å². The number of morpholine rings is 1. The molecule has 0 aliphatic carbocycles. The van der Waals surface area contributed by atoms with E-state index in [2.05, 4.69) is 39.5 Å². The summed E-state index contributed by atoms with van der Waals surface area (Å²) in [5.41, 5.74) is 2.85. The zero-order valence-electron chi connectivity index (χ0n) is 16.1. The molecule has 0 unspecified atom stereocenters. The van der Waals surface area contributed by atoms with Crippen molar-refractivity contribution in [2.45, 2.75) is 16.5 Å². The zero-order chi connectivity index (χ0) is 19.9. The number of aromatic nitrogens is 1. The Kier molecular flexibility index (Phi) is 6.44. The van der Waals surface area contributed by atoms with Crippen molar-refractivity contribution in [2.75, 3.05) is 31.2 Å². The average Bonchev–Trinajstić information content (AvgIpc) is 2.79. The Hall–Kier alpha value is -2.83. The third-order valence-corrected chi connectivity index (χ3v) is 5.77. The summed E-state index contributed by atoms with van der Waals surface area (Å²) in [6.07, 6.45) is 1.71. The summed E-state index contributed by atoms with van der Waals surface area (Å²) in [7, 11) is 0. The lowest BCUT2D eigenvalue weighted by Gasteiger charge is -2.28. The van der Waals surface area contributed by atoms with Gasteiger partial charge in [0.25, 0.3) is 5.91 Å². The number of carbonyl (C=O) groups excluding carboxylic acids is 1. The van der Waals surface area contributed by atoms with Crippen LogP contribution in [0.1, 0.15) is 15.9 Å². The second-order valence-corrected chi connectivity index (χ2v) is 7.78. The lowest BCUT2D eigenvalue weighted by atomic mass is 10.2. The highest BCUT2D eigenvalue weighted by atomic mass is 32.2. The van der Waals surface area contributed by atoms with Crippen LogP contribution < -0.4 is 10.2 Å². The van der Waals surface area contributed by atoms with Gasteiger partial charge in [-0.2, -0.15) is 0 Å². The molecule has 1 fully saturated rings. The number of anilines is 1. The molecule has 1 amide bonds. The molecule has 29 heavy (non-hydrogen) atoms. The van der Waals surface area contributed by atoms with Crippen LogP contribution in [0.25, 0.3) is 0 Å². The van der Waals surface area contributed by atoms with Crippen molar-refractivity contribution in [1.82, 2.24) is 10.3 Å². The number of rotatable bonds is 6. The molecule has 1 aliphatic heterocycles. The van der Waals surface area contributed by atoms with E-state index >= 15 is 0 Å². The number of benzene rings is 2. The van der Waals surface area contributed by atoms with Gasteiger partial charge in [0.15, 0.2) is 0 Å². The largest absolute Gasteiger partial charge is 0.378 e. The van der Waals surface area contributed by atoms with Gasteiger partial charge in [0.2, 0.25) is 0 Å². The van der Waals surface area contributed by atoms with E-state index in [1.807, 2.05) is 36.4 Å². The minimum absolute atomic E-state index is 0.117. The lowest BCUT2D eigenvalue weighted by Crippen LogP contribution is -2.36. The number of carbonyl (C=O) groups is 1. The summed E-state index contributed by atoms with van der Waals surface area (Å²) in [4.78, 5) is 20.5. The first-order chi connectivity index (χ1) is 14.3. The summed E-state index contributed by atoms with van der Waals surface area (Å²) >= 11 is 1.49. The van der Waals surface area contributed by atoms with Crippen LogP contribution in [0.2, 0.25) is 0 Å². The number of hydrogen-bond donors (Lipinski definition) is 1. The molecule has 0 spiro atoms. The van der Waals surface area contributed by atoms with Crippen molar-refractivity contribution < 1.29 is 9.53 Å². The van der Waals surface area contributed by atoms with Gasteiger partial charge in [0.05, 0.1) is 18.8 Å². The van der Waals surface area contributed by atoms with Gasteiger partial charge in [-0.05, 0) is 42.0 Å². The van der Waals surface area contributed by atoms with E-state index < -0.39 is 0 Å². The zero-order valence-corrected chi connectivity index (χ0v) is 16.9. The molecule has 148 valence electrons. The molecule has 2 aromatic carbocycles. The SMILES string of the molecule is O=C(NCc1ccc(N2CCOCC2)cc1)c1cccnc1Sc1ccccc1. The van der Waals surface area contributed by atoms with Crippen LogP contribution in [0.5, 0.6) is 0 Å². The van der Waals surface area contributed by atoms with Crippen molar-refractivity contribution in [3.8, 4) is 0 Å². The predicted octanol–water partition coefficient (Wildman–Crippen LogP) is 4.00. The van der Waals surface area contributed by atoms with Gasteiger partial charge in [-0.1, -0.05) is 42.1 Å². The third kappa shape index (κ3) is 5.16. The molecule has 6 heteroatoms. The average molecular weight is 406 g/mol. The van der Waals surface area contributed by atoms with Crippen molar-refractivity contribution in [2.24, 2.45) is 0 Å². The topological polar surface area (TPSA) is 54.5 Å². The Labute approximate surface area is 175 Å². The van der Waals surface area contributed by atoms with Gasteiger partial charge in [0, 0.05) is 36.4 Å². The summed E-state index contributed by atoms with van der Waals surface area (Å²) in [6, 6.07) is 21.9. The van der Waals surface area contributed by atoms with E-state index in [0.29, 0.717) is 17.1 Å². The van der Waals surface area contributed by atoms with Gasteiger partial charge in [-0.3, -0.25) is 4.79 Å². The molecular formula is C23H23N3O2S.